The van der Waals surface area contributed by atoms with Gasteiger partial charge >= 0.3 is 0 Å². The molecule has 0 bridgehead atoms. The molecule has 1 aromatic carbocycles. The van der Waals surface area contributed by atoms with Crippen LogP contribution in [0.5, 0.6) is 0 Å². The summed E-state index contributed by atoms with van der Waals surface area (Å²) >= 11 is 0. The Balaban J connectivity index is 2.88. The molecule has 0 heteroatoms. The van der Waals surface area contributed by atoms with Crippen LogP contribution in [0, 0.1) is 19.8 Å². The molecule has 1 atom stereocenters. The van der Waals surface area contributed by atoms with E-state index < -0.39 is 0 Å². The van der Waals surface area contributed by atoms with Gasteiger partial charge in [0, 0.05) is 0 Å². The summed E-state index contributed by atoms with van der Waals surface area (Å²) in [6.07, 6.45) is 7.42. The first-order chi connectivity index (χ1) is 8.97. The maximum atomic E-state index is 3.95. The van der Waals surface area contributed by atoms with Gasteiger partial charge in [-0.05, 0) is 62.3 Å². The molecular weight excluding hydrogens is 228 g/mol. The monoisotopic (exact) mass is 254 g/mol. The summed E-state index contributed by atoms with van der Waals surface area (Å²) in [7, 11) is 0. The lowest BCUT2D eigenvalue weighted by molar-refractivity contribution is 0.692. The molecule has 19 heavy (non-hydrogen) atoms. The quantitative estimate of drug-likeness (QED) is 0.603. The molecule has 0 aliphatic heterocycles. The Morgan fingerprint density at radius 2 is 1.95 bits per heavy atom. The fourth-order valence-electron chi connectivity index (χ4n) is 2.15. The molecule has 0 spiro atoms. The summed E-state index contributed by atoms with van der Waals surface area (Å²) < 4.78 is 0. The molecule has 0 radical (unpaired) electrons. The van der Waals surface area contributed by atoms with Crippen LogP contribution in [0.15, 0.2) is 54.2 Å². The zero-order valence-corrected chi connectivity index (χ0v) is 13.0. The summed E-state index contributed by atoms with van der Waals surface area (Å²) in [4.78, 5) is 0. The summed E-state index contributed by atoms with van der Waals surface area (Å²) in [5, 5.41) is 0. The van der Waals surface area contributed by atoms with Gasteiger partial charge in [-0.15, -0.1) is 0 Å². The number of rotatable bonds is 5. The first kappa shape index (κ1) is 15.5. The van der Waals surface area contributed by atoms with Gasteiger partial charge in [-0.2, -0.15) is 0 Å². The van der Waals surface area contributed by atoms with Gasteiger partial charge in [-0.25, -0.2) is 0 Å². The number of allylic oxidation sites excluding steroid dienone is 5. The standard InChI is InChI=1S/C19H26/c1-7-14(3)11-19(8-2)17(6)13-18-10-9-15(4)16(5)12-18/h7-12,17H,2,13H2,1,3-6H3/b14-7-,19-11+. The average molecular weight is 254 g/mol. The van der Waals surface area contributed by atoms with E-state index in [0.717, 1.165) is 6.42 Å². The average Bonchev–Trinajstić information content (AvgIpc) is 2.39. The first-order valence-electron chi connectivity index (χ1n) is 7.01. The summed E-state index contributed by atoms with van der Waals surface area (Å²) in [6, 6.07) is 6.75. The third kappa shape index (κ3) is 4.55. The molecule has 0 amide bonds. The highest BCUT2D eigenvalue weighted by Crippen LogP contribution is 2.21. The van der Waals surface area contributed by atoms with E-state index in [2.05, 4.69) is 71.5 Å². The minimum absolute atomic E-state index is 0.495. The zero-order chi connectivity index (χ0) is 14.4. The van der Waals surface area contributed by atoms with Crippen molar-refractivity contribution in [1.29, 1.82) is 0 Å². The Morgan fingerprint density at radius 1 is 1.26 bits per heavy atom. The molecule has 0 aliphatic rings. The molecule has 0 aromatic heterocycles. The number of hydrogen-bond acceptors (Lipinski definition) is 0. The normalized spacial score (nSPS) is 14.4. The number of benzene rings is 1. The highest BCUT2D eigenvalue weighted by Gasteiger charge is 2.08. The first-order valence-corrected chi connectivity index (χ1v) is 7.01. The van der Waals surface area contributed by atoms with Crippen LogP contribution in [0.25, 0.3) is 0 Å². The molecular formula is C19H26. The maximum Gasteiger partial charge on any atom is -0.0150 e. The molecule has 0 saturated carbocycles. The van der Waals surface area contributed by atoms with Gasteiger partial charge in [0.15, 0.2) is 0 Å². The fraction of sp³-hybridized carbons (Fsp3) is 0.368. The second-order valence-corrected chi connectivity index (χ2v) is 5.40. The molecule has 0 aliphatic carbocycles. The summed E-state index contributed by atoms with van der Waals surface area (Å²) in [5.41, 5.74) is 6.75. The van der Waals surface area contributed by atoms with Crippen LogP contribution in [-0.4, -0.2) is 0 Å². The van der Waals surface area contributed by atoms with Crippen LogP contribution < -0.4 is 0 Å². The van der Waals surface area contributed by atoms with E-state index >= 15 is 0 Å². The largest absolute Gasteiger partial charge is 0.0988 e. The van der Waals surface area contributed by atoms with Crippen molar-refractivity contribution in [2.45, 2.75) is 41.0 Å². The Morgan fingerprint density at radius 3 is 2.47 bits per heavy atom. The predicted molar refractivity (Wildman–Crippen MR) is 86.5 cm³/mol. The summed E-state index contributed by atoms with van der Waals surface area (Å²) in [6.45, 7) is 14.8. The molecule has 1 rings (SSSR count). The third-order valence-corrected chi connectivity index (χ3v) is 3.77. The fourth-order valence-corrected chi connectivity index (χ4v) is 2.15. The van der Waals surface area contributed by atoms with Crippen molar-refractivity contribution in [3.8, 4) is 0 Å². The van der Waals surface area contributed by atoms with Gasteiger partial charge < -0.3 is 0 Å². The molecule has 0 saturated heterocycles. The maximum absolute atomic E-state index is 3.95. The van der Waals surface area contributed by atoms with Crippen molar-refractivity contribution in [3.05, 3.63) is 70.8 Å². The van der Waals surface area contributed by atoms with E-state index in [1.54, 1.807) is 0 Å². The van der Waals surface area contributed by atoms with Gasteiger partial charge in [-0.1, -0.05) is 55.5 Å². The molecule has 0 nitrogen and oxygen atoms in total. The molecule has 1 unspecified atom stereocenters. The second kappa shape index (κ2) is 7.13. The number of aryl methyl sites for hydroxylation is 2. The molecule has 0 fully saturated rings. The van der Waals surface area contributed by atoms with E-state index in [1.165, 1.54) is 27.8 Å². The van der Waals surface area contributed by atoms with Crippen molar-refractivity contribution in [3.63, 3.8) is 0 Å². The Labute approximate surface area is 118 Å². The SMILES string of the molecule is C=C/C(=C\C(C)=C/C)C(C)Cc1ccc(C)c(C)c1. The van der Waals surface area contributed by atoms with Crippen LogP contribution >= 0.6 is 0 Å². The van der Waals surface area contributed by atoms with E-state index in [4.69, 9.17) is 0 Å². The minimum Gasteiger partial charge on any atom is -0.0988 e. The summed E-state index contributed by atoms with van der Waals surface area (Å²) in [5.74, 6) is 0.495. The third-order valence-electron chi connectivity index (χ3n) is 3.77. The van der Waals surface area contributed by atoms with Gasteiger partial charge in [0.2, 0.25) is 0 Å². The topological polar surface area (TPSA) is 0 Å². The lowest BCUT2D eigenvalue weighted by Crippen LogP contribution is -2.03. The van der Waals surface area contributed by atoms with Crippen LogP contribution in [0.4, 0.5) is 0 Å². The Bertz CT molecular complexity index is 501. The van der Waals surface area contributed by atoms with Crippen LogP contribution in [-0.2, 0) is 6.42 Å². The van der Waals surface area contributed by atoms with Crippen molar-refractivity contribution in [2.75, 3.05) is 0 Å². The smallest absolute Gasteiger partial charge is 0.0150 e. The van der Waals surface area contributed by atoms with Gasteiger partial charge in [-0.3, -0.25) is 0 Å². The Hall–Kier alpha value is -1.56. The van der Waals surface area contributed by atoms with Crippen molar-refractivity contribution >= 4 is 0 Å². The van der Waals surface area contributed by atoms with Gasteiger partial charge in [0.1, 0.15) is 0 Å². The van der Waals surface area contributed by atoms with E-state index in [9.17, 15) is 0 Å². The van der Waals surface area contributed by atoms with Crippen LogP contribution in [0.2, 0.25) is 0 Å². The van der Waals surface area contributed by atoms with Gasteiger partial charge in [0.25, 0.3) is 0 Å². The molecule has 102 valence electrons. The van der Waals surface area contributed by atoms with Crippen LogP contribution in [0.1, 0.15) is 37.5 Å². The van der Waals surface area contributed by atoms with Crippen LogP contribution in [0.3, 0.4) is 0 Å². The van der Waals surface area contributed by atoms with Gasteiger partial charge in [0.05, 0.1) is 0 Å². The lowest BCUT2D eigenvalue weighted by Gasteiger charge is -2.14. The molecule has 1 aromatic rings. The van der Waals surface area contributed by atoms with Crippen molar-refractivity contribution in [1.82, 2.24) is 0 Å². The lowest BCUT2D eigenvalue weighted by atomic mass is 9.91. The second-order valence-electron chi connectivity index (χ2n) is 5.40. The minimum atomic E-state index is 0.495. The number of hydrogen-bond donors (Lipinski definition) is 0. The molecule has 0 heterocycles. The zero-order valence-electron chi connectivity index (χ0n) is 13.0. The predicted octanol–water partition coefficient (Wildman–Crippen LogP) is 5.56. The van der Waals surface area contributed by atoms with E-state index in [1.807, 2.05) is 6.08 Å². The van der Waals surface area contributed by atoms with E-state index in [-0.39, 0.29) is 0 Å². The van der Waals surface area contributed by atoms with Crippen molar-refractivity contribution in [2.24, 2.45) is 5.92 Å². The van der Waals surface area contributed by atoms with Crippen molar-refractivity contribution < 1.29 is 0 Å². The Kier molecular flexibility index (Phi) is 5.82. The highest BCUT2D eigenvalue weighted by atomic mass is 14.1. The highest BCUT2D eigenvalue weighted by molar-refractivity contribution is 5.33. The van der Waals surface area contributed by atoms with E-state index in [0.29, 0.717) is 5.92 Å². The molecule has 0 N–H and O–H groups in total.